The smallest absolute Gasteiger partial charge is 0.0492 e. The monoisotopic (exact) mass is 228 g/mol. The predicted molar refractivity (Wildman–Crippen MR) is 52.4 cm³/mol. The molecule has 1 aromatic rings. The van der Waals surface area contributed by atoms with E-state index in [0.717, 1.165) is 11.9 Å². The van der Waals surface area contributed by atoms with Crippen molar-refractivity contribution >= 4 is 15.9 Å². The minimum absolute atomic E-state index is 0.525. The number of hydrogen-bond acceptors (Lipinski definition) is 1. The average molecular weight is 229 g/mol. The number of aromatic nitrogens is 2. The average Bonchev–Trinajstić information content (AvgIpc) is 2.74. The van der Waals surface area contributed by atoms with Gasteiger partial charge in [0.25, 0.3) is 0 Å². The molecular formula is C9H13BrN2. The molecule has 2 nitrogen and oxygen atoms in total. The lowest BCUT2D eigenvalue weighted by Crippen LogP contribution is -2.14. The molecule has 0 bridgehead atoms. The van der Waals surface area contributed by atoms with Gasteiger partial charge in [0, 0.05) is 23.8 Å². The van der Waals surface area contributed by atoms with Gasteiger partial charge in [-0.05, 0) is 31.2 Å². The van der Waals surface area contributed by atoms with Gasteiger partial charge >= 0.3 is 0 Å². The van der Waals surface area contributed by atoms with Crippen LogP contribution in [0.5, 0.6) is 0 Å². The molecule has 2 rings (SSSR count). The van der Waals surface area contributed by atoms with Crippen LogP contribution in [0.2, 0.25) is 0 Å². The van der Waals surface area contributed by atoms with E-state index in [2.05, 4.69) is 38.7 Å². The Morgan fingerprint density at radius 3 is 2.83 bits per heavy atom. The molecule has 0 N–H and O–H groups in total. The molecule has 3 heteroatoms. The topological polar surface area (TPSA) is 17.8 Å². The molecule has 1 saturated carbocycles. The molecule has 0 radical (unpaired) electrons. The Morgan fingerprint density at radius 1 is 1.67 bits per heavy atom. The Hall–Kier alpha value is -0.310. The number of alkyl halides is 1. The zero-order valence-corrected chi connectivity index (χ0v) is 8.84. The molecule has 1 fully saturated rings. The molecule has 0 aliphatic heterocycles. The van der Waals surface area contributed by atoms with Crippen LogP contribution in [-0.4, -0.2) is 15.1 Å². The van der Waals surface area contributed by atoms with Gasteiger partial charge in [-0.2, -0.15) is 5.10 Å². The predicted octanol–water partition coefficient (Wildman–Crippen LogP) is 2.37. The van der Waals surface area contributed by atoms with Crippen LogP contribution < -0.4 is 0 Å². The van der Waals surface area contributed by atoms with Crippen molar-refractivity contribution in [1.82, 2.24) is 9.78 Å². The Labute approximate surface area is 81.1 Å². The van der Waals surface area contributed by atoms with Crippen molar-refractivity contribution in [3.8, 4) is 0 Å². The molecule has 1 aliphatic carbocycles. The summed E-state index contributed by atoms with van der Waals surface area (Å²) < 4.78 is 2.11. The maximum atomic E-state index is 4.28. The van der Waals surface area contributed by atoms with Crippen LogP contribution in [0.25, 0.3) is 0 Å². The second kappa shape index (κ2) is 2.87. The highest BCUT2D eigenvalue weighted by Crippen LogP contribution is 2.48. The fraction of sp³-hybridized carbons (Fsp3) is 0.667. The van der Waals surface area contributed by atoms with Crippen LogP contribution in [0.3, 0.4) is 0 Å². The van der Waals surface area contributed by atoms with E-state index in [0.29, 0.717) is 5.41 Å². The minimum atomic E-state index is 0.525. The van der Waals surface area contributed by atoms with Crippen molar-refractivity contribution in [3.05, 3.63) is 18.0 Å². The first-order valence-corrected chi connectivity index (χ1v) is 5.42. The largest absolute Gasteiger partial charge is 0.269 e. The zero-order valence-electron chi connectivity index (χ0n) is 7.26. The summed E-state index contributed by atoms with van der Waals surface area (Å²) in [4.78, 5) is 0. The summed E-state index contributed by atoms with van der Waals surface area (Å²) in [5.74, 6) is 0. The highest BCUT2D eigenvalue weighted by Gasteiger charge is 2.42. The molecule has 0 aromatic carbocycles. The SMILES string of the molecule is Cc1ccnn1CC1(CBr)CC1. The van der Waals surface area contributed by atoms with E-state index in [1.807, 2.05) is 6.20 Å². The molecule has 1 aromatic heterocycles. The molecular weight excluding hydrogens is 216 g/mol. The molecule has 1 aliphatic rings. The number of hydrogen-bond donors (Lipinski definition) is 0. The van der Waals surface area contributed by atoms with E-state index >= 15 is 0 Å². The number of aryl methyl sites for hydroxylation is 1. The molecule has 0 amide bonds. The Morgan fingerprint density at radius 2 is 2.42 bits per heavy atom. The minimum Gasteiger partial charge on any atom is -0.269 e. The van der Waals surface area contributed by atoms with E-state index in [9.17, 15) is 0 Å². The van der Waals surface area contributed by atoms with Gasteiger partial charge in [0.1, 0.15) is 0 Å². The van der Waals surface area contributed by atoms with Crippen LogP contribution in [0, 0.1) is 12.3 Å². The fourth-order valence-corrected chi connectivity index (χ4v) is 2.13. The molecule has 0 unspecified atom stereocenters. The van der Waals surface area contributed by atoms with E-state index in [1.54, 1.807) is 0 Å². The number of rotatable bonds is 3. The number of nitrogens with zero attached hydrogens (tertiary/aromatic N) is 2. The molecule has 0 saturated heterocycles. The Balaban J connectivity index is 2.08. The van der Waals surface area contributed by atoms with Gasteiger partial charge < -0.3 is 0 Å². The second-order valence-electron chi connectivity index (χ2n) is 3.76. The van der Waals surface area contributed by atoms with E-state index < -0.39 is 0 Å². The van der Waals surface area contributed by atoms with Crippen LogP contribution >= 0.6 is 15.9 Å². The lowest BCUT2D eigenvalue weighted by Gasteiger charge is -2.12. The van der Waals surface area contributed by atoms with Crippen molar-refractivity contribution in [3.63, 3.8) is 0 Å². The summed E-state index contributed by atoms with van der Waals surface area (Å²) >= 11 is 3.56. The van der Waals surface area contributed by atoms with Crippen molar-refractivity contribution in [2.24, 2.45) is 5.41 Å². The first-order valence-electron chi connectivity index (χ1n) is 4.30. The zero-order chi connectivity index (χ0) is 8.60. The van der Waals surface area contributed by atoms with Crippen molar-refractivity contribution < 1.29 is 0 Å². The molecule has 66 valence electrons. The van der Waals surface area contributed by atoms with Crippen molar-refractivity contribution in [1.29, 1.82) is 0 Å². The summed E-state index contributed by atoms with van der Waals surface area (Å²) in [7, 11) is 0. The Kier molecular flexibility index (Phi) is 1.99. The van der Waals surface area contributed by atoms with Crippen LogP contribution in [0.1, 0.15) is 18.5 Å². The third kappa shape index (κ3) is 1.42. The van der Waals surface area contributed by atoms with Gasteiger partial charge in [-0.15, -0.1) is 0 Å². The first kappa shape index (κ1) is 8.30. The van der Waals surface area contributed by atoms with Crippen LogP contribution in [-0.2, 0) is 6.54 Å². The van der Waals surface area contributed by atoms with Gasteiger partial charge in [0.2, 0.25) is 0 Å². The normalized spacial score (nSPS) is 19.5. The highest BCUT2D eigenvalue weighted by atomic mass is 79.9. The molecule has 0 atom stereocenters. The molecule has 12 heavy (non-hydrogen) atoms. The maximum absolute atomic E-state index is 4.28. The summed E-state index contributed by atoms with van der Waals surface area (Å²) in [5.41, 5.74) is 1.79. The van der Waals surface area contributed by atoms with Crippen molar-refractivity contribution in [2.75, 3.05) is 5.33 Å². The second-order valence-corrected chi connectivity index (χ2v) is 4.32. The maximum Gasteiger partial charge on any atom is 0.0492 e. The van der Waals surface area contributed by atoms with Crippen LogP contribution in [0.15, 0.2) is 12.3 Å². The van der Waals surface area contributed by atoms with Crippen molar-refractivity contribution in [2.45, 2.75) is 26.3 Å². The van der Waals surface area contributed by atoms with Gasteiger partial charge in [0.05, 0.1) is 0 Å². The summed E-state index contributed by atoms with van der Waals surface area (Å²) in [6, 6.07) is 2.06. The van der Waals surface area contributed by atoms with Gasteiger partial charge in [-0.25, -0.2) is 0 Å². The fourth-order valence-electron chi connectivity index (χ4n) is 1.39. The Bertz CT molecular complexity index is 276. The van der Waals surface area contributed by atoms with E-state index in [-0.39, 0.29) is 0 Å². The standard InChI is InChI=1S/C9H13BrN2/c1-8-2-5-11-12(8)7-9(6-10)3-4-9/h2,5H,3-4,6-7H2,1H3. The highest BCUT2D eigenvalue weighted by molar-refractivity contribution is 9.09. The third-order valence-electron chi connectivity index (χ3n) is 2.65. The van der Waals surface area contributed by atoms with E-state index in [4.69, 9.17) is 0 Å². The summed E-state index contributed by atoms with van der Waals surface area (Å²) in [6.07, 6.45) is 4.56. The lowest BCUT2D eigenvalue weighted by molar-refractivity contribution is 0.435. The van der Waals surface area contributed by atoms with Gasteiger partial charge in [-0.3, -0.25) is 4.68 Å². The lowest BCUT2D eigenvalue weighted by atomic mass is 10.1. The molecule has 0 spiro atoms. The van der Waals surface area contributed by atoms with Crippen LogP contribution in [0.4, 0.5) is 0 Å². The van der Waals surface area contributed by atoms with Gasteiger partial charge in [0.15, 0.2) is 0 Å². The number of halogens is 1. The summed E-state index contributed by atoms with van der Waals surface area (Å²) in [6.45, 7) is 3.19. The third-order valence-corrected chi connectivity index (χ3v) is 3.84. The molecule has 1 heterocycles. The quantitative estimate of drug-likeness (QED) is 0.727. The first-order chi connectivity index (χ1) is 5.76. The van der Waals surface area contributed by atoms with Gasteiger partial charge in [-0.1, -0.05) is 15.9 Å². The summed E-state index contributed by atoms with van der Waals surface area (Å²) in [5, 5.41) is 5.40. The van der Waals surface area contributed by atoms with E-state index in [1.165, 1.54) is 18.5 Å².